The van der Waals surface area contributed by atoms with Gasteiger partial charge in [0.1, 0.15) is 26.4 Å². The van der Waals surface area contributed by atoms with E-state index in [-0.39, 0.29) is 23.4 Å². The Kier molecular flexibility index (Phi) is 4.89. The molecule has 1 saturated heterocycles. The SMILES string of the molecule is CC1OC[C@@H](OC(C)(C)C)[C@H](C(=O)[SiH](C)C)O1. The fourth-order valence-corrected chi connectivity index (χ4v) is 2.73. The molecule has 0 N–H and O–H groups in total. The Labute approximate surface area is 105 Å². The molecule has 0 aromatic rings. The quantitative estimate of drug-likeness (QED) is 0.722. The first kappa shape index (κ1) is 14.8. The van der Waals surface area contributed by atoms with Crippen molar-refractivity contribution < 1.29 is 19.0 Å². The van der Waals surface area contributed by atoms with Crippen molar-refractivity contribution in [3.05, 3.63) is 0 Å². The lowest BCUT2D eigenvalue weighted by atomic mass is 10.1. The lowest BCUT2D eigenvalue weighted by molar-refractivity contribution is -0.260. The van der Waals surface area contributed by atoms with Crippen molar-refractivity contribution in [2.75, 3.05) is 6.61 Å². The average molecular weight is 260 g/mol. The molecule has 1 heterocycles. The van der Waals surface area contributed by atoms with Crippen LogP contribution in [0.25, 0.3) is 0 Å². The van der Waals surface area contributed by atoms with Crippen LogP contribution in [0.5, 0.6) is 0 Å². The maximum atomic E-state index is 12.1. The fraction of sp³-hybridized carbons (Fsp3) is 0.917. The van der Waals surface area contributed by atoms with Crippen LogP contribution < -0.4 is 0 Å². The summed E-state index contributed by atoms with van der Waals surface area (Å²) in [7, 11) is -1.37. The average Bonchev–Trinajstić information content (AvgIpc) is 2.17. The predicted molar refractivity (Wildman–Crippen MR) is 68.8 cm³/mol. The van der Waals surface area contributed by atoms with E-state index in [1.165, 1.54) is 0 Å². The van der Waals surface area contributed by atoms with E-state index in [0.717, 1.165) is 0 Å². The van der Waals surface area contributed by atoms with Crippen molar-refractivity contribution in [1.82, 2.24) is 0 Å². The number of carbonyl (C=O) groups is 1. The van der Waals surface area contributed by atoms with Crippen LogP contribution in [0.15, 0.2) is 0 Å². The third kappa shape index (κ3) is 4.50. The number of hydrogen-bond donors (Lipinski definition) is 0. The highest BCUT2D eigenvalue weighted by molar-refractivity contribution is 6.88. The topological polar surface area (TPSA) is 44.8 Å². The molecule has 3 atom stereocenters. The van der Waals surface area contributed by atoms with Gasteiger partial charge in [0, 0.05) is 0 Å². The second-order valence-corrected chi connectivity index (χ2v) is 8.66. The molecule has 1 aliphatic heterocycles. The normalized spacial score (nSPS) is 30.6. The Morgan fingerprint density at radius 3 is 2.41 bits per heavy atom. The van der Waals surface area contributed by atoms with Crippen molar-refractivity contribution in [3.8, 4) is 0 Å². The minimum absolute atomic E-state index is 0.217. The Balaban J connectivity index is 2.75. The van der Waals surface area contributed by atoms with Gasteiger partial charge >= 0.3 is 0 Å². The molecule has 0 spiro atoms. The Morgan fingerprint density at radius 2 is 1.94 bits per heavy atom. The van der Waals surface area contributed by atoms with E-state index < -0.39 is 14.9 Å². The van der Waals surface area contributed by atoms with Crippen LogP contribution in [0.2, 0.25) is 13.1 Å². The highest BCUT2D eigenvalue weighted by atomic mass is 28.3. The molecule has 0 radical (unpaired) electrons. The van der Waals surface area contributed by atoms with Gasteiger partial charge in [0.15, 0.2) is 6.29 Å². The molecule has 0 amide bonds. The summed E-state index contributed by atoms with van der Waals surface area (Å²) in [5.74, 6) is 0. The van der Waals surface area contributed by atoms with E-state index in [1.807, 2.05) is 40.8 Å². The van der Waals surface area contributed by atoms with Crippen LogP contribution in [0.4, 0.5) is 0 Å². The molecule has 17 heavy (non-hydrogen) atoms. The van der Waals surface area contributed by atoms with E-state index in [0.29, 0.717) is 6.61 Å². The van der Waals surface area contributed by atoms with Gasteiger partial charge in [-0.3, -0.25) is 0 Å². The summed E-state index contributed by atoms with van der Waals surface area (Å²) in [6, 6.07) is 0. The third-order valence-electron chi connectivity index (χ3n) is 2.53. The van der Waals surface area contributed by atoms with Gasteiger partial charge in [-0.2, -0.15) is 0 Å². The molecule has 0 bridgehead atoms. The summed E-state index contributed by atoms with van der Waals surface area (Å²) in [5.41, 5.74) is -0.297. The summed E-state index contributed by atoms with van der Waals surface area (Å²) in [6.45, 7) is 12.2. The van der Waals surface area contributed by atoms with E-state index in [2.05, 4.69) is 0 Å². The standard InChI is InChI=1S/C12H24O4Si/c1-8-14-7-9(16-12(2,3)4)10(15-8)11(13)17(5)6/h8-10,17H,7H2,1-6H3/t8?,9-,10-/m1/s1. The first-order chi connectivity index (χ1) is 7.70. The highest BCUT2D eigenvalue weighted by Gasteiger charge is 2.39. The highest BCUT2D eigenvalue weighted by Crippen LogP contribution is 2.22. The maximum absolute atomic E-state index is 12.1. The van der Waals surface area contributed by atoms with Gasteiger partial charge in [-0.1, -0.05) is 13.1 Å². The molecule has 0 aromatic carbocycles. The largest absolute Gasteiger partial charge is 0.367 e. The van der Waals surface area contributed by atoms with Crippen LogP contribution in [-0.2, 0) is 19.0 Å². The minimum atomic E-state index is -1.37. The van der Waals surface area contributed by atoms with Crippen LogP contribution in [0, 0.1) is 0 Å². The van der Waals surface area contributed by atoms with Crippen molar-refractivity contribution in [3.63, 3.8) is 0 Å². The molecular weight excluding hydrogens is 236 g/mol. The molecule has 1 unspecified atom stereocenters. The zero-order valence-corrected chi connectivity index (χ0v) is 12.8. The summed E-state index contributed by atoms with van der Waals surface area (Å²) < 4.78 is 16.9. The number of ether oxygens (including phenoxy) is 3. The molecule has 4 nitrogen and oxygen atoms in total. The molecule has 5 heteroatoms. The van der Waals surface area contributed by atoms with Gasteiger partial charge in [0.25, 0.3) is 0 Å². The number of rotatable bonds is 3. The first-order valence-electron chi connectivity index (χ1n) is 6.19. The summed E-state index contributed by atoms with van der Waals surface area (Å²) in [5, 5.41) is 0.217. The molecular formula is C12H24O4Si. The fourth-order valence-electron chi connectivity index (χ4n) is 1.78. The lowest BCUT2D eigenvalue weighted by Gasteiger charge is -2.38. The van der Waals surface area contributed by atoms with Gasteiger partial charge in [-0.25, -0.2) is 0 Å². The predicted octanol–water partition coefficient (Wildman–Crippen LogP) is 1.53. The van der Waals surface area contributed by atoms with E-state index in [9.17, 15) is 4.79 Å². The number of hydrogen-bond acceptors (Lipinski definition) is 4. The Morgan fingerprint density at radius 1 is 1.35 bits per heavy atom. The molecule has 0 aromatic heterocycles. The molecule has 0 aliphatic carbocycles. The summed E-state index contributed by atoms with van der Waals surface area (Å²) >= 11 is 0. The van der Waals surface area contributed by atoms with E-state index >= 15 is 0 Å². The second kappa shape index (κ2) is 5.61. The van der Waals surface area contributed by atoms with Gasteiger partial charge in [0.2, 0.25) is 0 Å². The van der Waals surface area contributed by atoms with Crippen molar-refractivity contribution in [2.45, 2.75) is 64.9 Å². The minimum Gasteiger partial charge on any atom is -0.367 e. The molecule has 1 rings (SSSR count). The zero-order chi connectivity index (χ0) is 13.2. The molecule has 1 fully saturated rings. The van der Waals surface area contributed by atoms with E-state index in [4.69, 9.17) is 14.2 Å². The van der Waals surface area contributed by atoms with Gasteiger partial charge in [0.05, 0.1) is 12.2 Å². The first-order valence-corrected chi connectivity index (χ1v) is 9.08. The van der Waals surface area contributed by atoms with Gasteiger partial charge < -0.3 is 19.0 Å². The zero-order valence-electron chi connectivity index (χ0n) is 11.6. The lowest BCUT2D eigenvalue weighted by Crippen LogP contribution is -2.53. The van der Waals surface area contributed by atoms with Crippen molar-refractivity contribution in [2.24, 2.45) is 0 Å². The third-order valence-corrected chi connectivity index (χ3v) is 3.99. The Bertz CT molecular complexity index is 272. The van der Waals surface area contributed by atoms with Gasteiger partial charge in [-0.05, 0) is 27.7 Å². The smallest absolute Gasteiger partial charge is 0.156 e. The molecule has 0 saturated carbocycles. The second-order valence-electron chi connectivity index (χ2n) is 5.78. The van der Waals surface area contributed by atoms with Crippen LogP contribution in [-0.4, -0.2) is 44.9 Å². The number of carbonyl (C=O) groups excluding carboxylic acids is 1. The van der Waals surface area contributed by atoms with Crippen molar-refractivity contribution >= 4 is 14.2 Å². The molecule has 1 aliphatic rings. The molecule has 100 valence electrons. The summed E-state index contributed by atoms with van der Waals surface area (Å²) in [6.07, 6.45) is -1.06. The van der Waals surface area contributed by atoms with Gasteiger partial charge in [-0.15, -0.1) is 0 Å². The monoisotopic (exact) mass is 260 g/mol. The van der Waals surface area contributed by atoms with Crippen LogP contribution in [0.1, 0.15) is 27.7 Å². The van der Waals surface area contributed by atoms with E-state index in [1.54, 1.807) is 0 Å². The van der Waals surface area contributed by atoms with Crippen molar-refractivity contribution in [1.29, 1.82) is 0 Å². The van der Waals surface area contributed by atoms with Crippen LogP contribution in [0.3, 0.4) is 0 Å². The Hall–Kier alpha value is -0.233. The summed E-state index contributed by atoms with van der Waals surface area (Å²) in [4.78, 5) is 12.1. The van der Waals surface area contributed by atoms with Crippen LogP contribution >= 0.6 is 0 Å². The maximum Gasteiger partial charge on any atom is 0.156 e.